The molecule has 346 valence electrons. The number of halogens is 1. The van der Waals surface area contributed by atoms with Gasteiger partial charge in [0, 0.05) is 0 Å². The third-order valence-electron chi connectivity index (χ3n) is 13.3. The Bertz CT molecular complexity index is 715. The third kappa shape index (κ3) is 56.7. The van der Waals surface area contributed by atoms with Gasteiger partial charge in [0.25, 0.3) is 0 Å². The molecule has 0 heterocycles. The molecule has 0 aliphatic heterocycles. The van der Waals surface area contributed by atoms with Crippen LogP contribution >= 0.6 is 17.2 Å². The van der Waals surface area contributed by atoms with Crippen LogP contribution in [0.1, 0.15) is 328 Å². The minimum absolute atomic E-state index is 1.26. The van der Waals surface area contributed by atoms with E-state index in [2.05, 4.69) is 26.9 Å². The van der Waals surface area contributed by atoms with Gasteiger partial charge in [-0.05, 0) is 0 Å². The fraction of sp³-hybridized carbons (Fsp3) is 1.00. The molecule has 0 bridgehead atoms. The fourth-order valence-electron chi connectivity index (χ4n) is 9.20. The molecular weight excluding hydrogens is 727 g/mol. The van der Waals surface area contributed by atoms with Crippen LogP contribution in [-0.2, 0) is 0 Å². The summed E-state index contributed by atoms with van der Waals surface area (Å²) in [6, 6.07) is 0. The molecule has 0 spiro atoms. The van der Waals surface area contributed by atoms with Crippen LogP contribution in [0.5, 0.6) is 0 Å². The van der Waals surface area contributed by atoms with E-state index in [1.54, 1.807) is 0 Å². The van der Waals surface area contributed by atoms with Gasteiger partial charge in [0.05, 0.1) is 0 Å². The van der Waals surface area contributed by atoms with Crippen LogP contribution in [0.25, 0.3) is 0 Å². The molecule has 0 saturated carbocycles. The summed E-state index contributed by atoms with van der Waals surface area (Å²) < 4.78 is 0. The maximum atomic E-state index is 6.66. The third-order valence-corrected chi connectivity index (χ3v) is 15.6. The van der Waals surface area contributed by atoms with Gasteiger partial charge >= 0.3 is 114 Å². The molecule has 0 aliphatic rings. The number of hydrogen-bond acceptors (Lipinski definition) is 0. The van der Waals surface area contributed by atoms with Crippen molar-refractivity contribution in [2.75, 3.05) is 26.2 Å². The SMILES string of the molecule is CCCCCCCCCCCCCCCCCCCCCCCCCCCCCCCCCCCCCCCCCCCCCCCCCCCCP(C)(C)(C)Cl. The first-order valence-corrected chi connectivity index (χ1v) is 32.2. The van der Waals surface area contributed by atoms with Crippen LogP contribution in [-0.4, -0.2) is 26.2 Å². The summed E-state index contributed by atoms with van der Waals surface area (Å²) in [6.07, 6.45) is 75.2. The van der Waals surface area contributed by atoms with E-state index in [1.165, 1.54) is 327 Å². The van der Waals surface area contributed by atoms with E-state index in [-0.39, 0.29) is 0 Å². The van der Waals surface area contributed by atoms with Crippen LogP contribution in [0.2, 0.25) is 0 Å². The van der Waals surface area contributed by atoms with Crippen LogP contribution in [0, 0.1) is 0 Å². The van der Waals surface area contributed by atoms with Crippen molar-refractivity contribution in [3.8, 4) is 0 Å². The average Bonchev–Trinajstić information content (AvgIpc) is 3.18. The monoisotopic (exact) mass is 841 g/mol. The van der Waals surface area contributed by atoms with Gasteiger partial charge in [-0.2, -0.15) is 0 Å². The normalized spacial score (nSPS) is 12.8. The average molecular weight is 842 g/mol. The zero-order valence-electron chi connectivity index (χ0n) is 40.9. The molecule has 0 aromatic heterocycles. The van der Waals surface area contributed by atoms with Gasteiger partial charge in [0.15, 0.2) is 0 Å². The summed E-state index contributed by atoms with van der Waals surface area (Å²) in [7, 11) is 0. The molecule has 0 amide bonds. The second kappa shape index (κ2) is 46.2. The maximum absolute atomic E-state index is 6.66. The van der Waals surface area contributed by atoms with Crippen LogP contribution < -0.4 is 0 Å². The summed E-state index contributed by atoms with van der Waals surface area (Å²) in [6.45, 7) is 9.19. The predicted molar refractivity (Wildman–Crippen MR) is 272 cm³/mol. The summed E-state index contributed by atoms with van der Waals surface area (Å²) in [5, 5.41) is 0. The van der Waals surface area contributed by atoms with Gasteiger partial charge in [-0.3, -0.25) is 0 Å². The van der Waals surface area contributed by atoms with Crippen molar-refractivity contribution in [1.82, 2.24) is 0 Å². The Kier molecular flexibility index (Phi) is 46.8. The van der Waals surface area contributed by atoms with Crippen molar-refractivity contribution in [1.29, 1.82) is 0 Å². The molecule has 0 radical (unpaired) electrons. The second-order valence-electron chi connectivity index (χ2n) is 21.0. The van der Waals surface area contributed by atoms with Gasteiger partial charge in [-0.25, -0.2) is 0 Å². The molecule has 57 heavy (non-hydrogen) atoms. The quantitative estimate of drug-likeness (QED) is 0.0423. The predicted octanol–water partition coefficient (Wildman–Crippen LogP) is 22.1. The molecule has 2 heteroatoms. The van der Waals surface area contributed by atoms with Gasteiger partial charge in [-0.15, -0.1) is 0 Å². The summed E-state index contributed by atoms with van der Waals surface area (Å²) in [5.41, 5.74) is 0. The summed E-state index contributed by atoms with van der Waals surface area (Å²) in [5.74, 6) is -1.77. The van der Waals surface area contributed by atoms with Crippen LogP contribution in [0.4, 0.5) is 0 Å². The molecule has 0 rings (SSSR count). The Hall–Kier alpha value is 0.720. The van der Waals surface area contributed by atoms with E-state index in [4.69, 9.17) is 11.2 Å². The van der Waals surface area contributed by atoms with E-state index in [0.29, 0.717) is 0 Å². The van der Waals surface area contributed by atoms with E-state index >= 15 is 0 Å². The second-order valence-corrected chi connectivity index (χ2v) is 31.0. The molecular formula is C55H114ClP. The molecule has 0 aliphatic carbocycles. The first-order chi connectivity index (χ1) is 27.8. The van der Waals surface area contributed by atoms with Crippen molar-refractivity contribution in [3.05, 3.63) is 0 Å². The van der Waals surface area contributed by atoms with E-state index in [1.807, 2.05) is 0 Å². The van der Waals surface area contributed by atoms with Crippen molar-refractivity contribution >= 4 is 17.2 Å². The standard InChI is InChI=1S/C55H114ClP/c1-5-6-7-8-9-10-11-12-13-14-15-16-17-18-19-20-21-22-23-24-25-26-27-28-29-30-31-32-33-34-35-36-37-38-39-40-41-42-43-44-45-46-47-48-49-50-51-52-53-54-55-57(2,3,4)56/h5-55H2,1-4H3. The van der Waals surface area contributed by atoms with Crippen molar-refractivity contribution in [2.24, 2.45) is 0 Å². The fourth-order valence-corrected chi connectivity index (χ4v) is 10.9. The van der Waals surface area contributed by atoms with Crippen LogP contribution in [0.3, 0.4) is 0 Å². The topological polar surface area (TPSA) is 0 Å². The van der Waals surface area contributed by atoms with Gasteiger partial charge in [-0.1, -0.05) is 257 Å². The summed E-state index contributed by atoms with van der Waals surface area (Å²) in [4.78, 5) is 0. The summed E-state index contributed by atoms with van der Waals surface area (Å²) >= 11 is 6.66. The Labute approximate surface area is 369 Å². The molecule has 0 aromatic rings. The number of hydrogen-bond donors (Lipinski definition) is 0. The van der Waals surface area contributed by atoms with Crippen LogP contribution in [0.15, 0.2) is 0 Å². The Balaban J connectivity index is 3.08. The van der Waals surface area contributed by atoms with Gasteiger partial charge in [0.1, 0.15) is 0 Å². The Morgan fingerprint density at radius 3 is 0.404 bits per heavy atom. The number of rotatable bonds is 51. The molecule has 0 unspecified atom stereocenters. The molecule has 0 aromatic carbocycles. The first kappa shape index (κ1) is 57.7. The molecule has 0 nitrogen and oxygen atoms in total. The zero-order valence-corrected chi connectivity index (χ0v) is 42.5. The van der Waals surface area contributed by atoms with Gasteiger partial charge in [0.2, 0.25) is 0 Å². The Morgan fingerprint density at radius 2 is 0.298 bits per heavy atom. The van der Waals surface area contributed by atoms with Crippen molar-refractivity contribution in [3.63, 3.8) is 0 Å². The van der Waals surface area contributed by atoms with E-state index in [0.717, 1.165) is 0 Å². The molecule has 0 saturated heterocycles. The van der Waals surface area contributed by atoms with Crippen molar-refractivity contribution < 1.29 is 0 Å². The van der Waals surface area contributed by atoms with Gasteiger partial charge < -0.3 is 0 Å². The molecule has 0 atom stereocenters. The van der Waals surface area contributed by atoms with Crippen molar-refractivity contribution in [2.45, 2.75) is 328 Å². The van der Waals surface area contributed by atoms with E-state index in [9.17, 15) is 0 Å². The molecule has 0 N–H and O–H groups in total. The molecule has 0 fully saturated rings. The van der Waals surface area contributed by atoms with E-state index < -0.39 is 5.96 Å². The first-order valence-electron chi connectivity index (χ1n) is 27.5. The zero-order chi connectivity index (χ0) is 41.5. The minimum atomic E-state index is -1.77. The number of unbranched alkanes of at least 4 members (excludes halogenated alkanes) is 49. The Morgan fingerprint density at radius 1 is 0.193 bits per heavy atom.